The summed E-state index contributed by atoms with van der Waals surface area (Å²) in [6, 6.07) is 62.5. The van der Waals surface area contributed by atoms with Crippen molar-refractivity contribution in [2.24, 2.45) is 0 Å². The van der Waals surface area contributed by atoms with Crippen molar-refractivity contribution in [2.75, 3.05) is 0 Å². The molecule has 13 rings (SSSR count). The van der Waals surface area contributed by atoms with Gasteiger partial charge in [-0.05, 0) is 34.5 Å². The Morgan fingerprint density at radius 3 is 1.60 bits per heavy atom. The molecule has 0 saturated carbocycles. The van der Waals surface area contributed by atoms with Crippen LogP contribution in [0.5, 0.6) is 0 Å². The van der Waals surface area contributed by atoms with Crippen molar-refractivity contribution in [3.8, 4) is 22.6 Å². The number of nitrogens with zero attached hydrogens (tertiary/aromatic N) is 4. The SMILES string of the molecule is c1ccc(-c2cccc3c2oc2c(-n4c5ccccc5c5ccc6c7ccccc7n(-c7cnc8c9ccccc9c9ccccc9c8n7)c6c54)cccc23)cc1. The zero-order valence-electron chi connectivity index (χ0n) is 30.5. The first kappa shape index (κ1) is 30.6. The van der Waals surface area contributed by atoms with E-state index in [-0.39, 0.29) is 0 Å². The van der Waals surface area contributed by atoms with E-state index in [1.165, 1.54) is 16.2 Å². The van der Waals surface area contributed by atoms with E-state index in [1.54, 1.807) is 0 Å². The second-order valence-corrected chi connectivity index (χ2v) is 14.9. The average molecular weight is 727 g/mol. The topological polar surface area (TPSA) is 48.8 Å². The van der Waals surface area contributed by atoms with Gasteiger partial charge in [0, 0.05) is 48.7 Å². The molecule has 13 aromatic rings. The number of aromatic nitrogens is 4. The predicted octanol–water partition coefficient (Wildman–Crippen LogP) is 13.7. The molecular formula is C52H30N4O. The summed E-state index contributed by atoms with van der Waals surface area (Å²) in [6.07, 6.45) is 1.95. The molecule has 0 bridgehead atoms. The molecule has 57 heavy (non-hydrogen) atoms. The van der Waals surface area contributed by atoms with Gasteiger partial charge in [0.1, 0.15) is 5.58 Å². The highest BCUT2D eigenvalue weighted by molar-refractivity contribution is 6.26. The molecule has 0 fully saturated rings. The third-order valence-electron chi connectivity index (χ3n) is 11.9. The maximum absolute atomic E-state index is 7.05. The highest BCUT2D eigenvalue weighted by atomic mass is 16.3. The minimum atomic E-state index is 0.771. The predicted molar refractivity (Wildman–Crippen MR) is 236 cm³/mol. The Balaban J connectivity index is 1.18. The minimum Gasteiger partial charge on any atom is -0.453 e. The van der Waals surface area contributed by atoms with E-state index in [1.807, 2.05) is 6.20 Å². The van der Waals surface area contributed by atoms with Gasteiger partial charge in [0.2, 0.25) is 0 Å². The standard InChI is InChI=1S/C52H30N4O/c1-2-14-31(15-3-1)32-22-12-23-41-42-24-13-27-45(52(42)57-51(32)41)55-43-25-10-8-18-35(43)39-28-29-40-36-19-9-11-26-44(36)56(50(40)49(39)55)46-30-53-47-37-20-6-4-16-33(37)34-17-5-7-21-38(34)48(47)54-46/h1-30H. The van der Waals surface area contributed by atoms with Gasteiger partial charge >= 0.3 is 0 Å². The minimum absolute atomic E-state index is 0.771. The van der Waals surface area contributed by atoms with E-state index in [0.29, 0.717) is 0 Å². The Morgan fingerprint density at radius 2 is 0.895 bits per heavy atom. The Hall–Kier alpha value is -7.76. The molecule has 0 aliphatic heterocycles. The van der Waals surface area contributed by atoms with Crippen molar-refractivity contribution < 1.29 is 4.42 Å². The summed E-state index contributed by atoms with van der Waals surface area (Å²) < 4.78 is 11.8. The van der Waals surface area contributed by atoms with Crippen molar-refractivity contribution in [1.29, 1.82) is 0 Å². The van der Waals surface area contributed by atoms with Crippen LogP contribution in [0.1, 0.15) is 0 Å². The molecule has 4 aromatic heterocycles. The zero-order valence-corrected chi connectivity index (χ0v) is 30.5. The lowest BCUT2D eigenvalue weighted by Gasteiger charge is -2.14. The first-order valence-electron chi connectivity index (χ1n) is 19.3. The molecule has 0 N–H and O–H groups in total. The lowest BCUT2D eigenvalue weighted by molar-refractivity contribution is 0.667. The van der Waals surface area contributed by atoms with E-state index >= 15 is 0 Å². The molecular weight excluding hydrogens is 697 g/mol. The third-order valence-corrected chi connectivity index (χ3v) is 11.9. The molecule has 0 unspecified atom stereocenters. The molecule has 0 amide bonds. The van der Waals surface area contributed by atoms with Gasteiger partial charge in [-0.1, -0.05) is 158 Å². The molecule has 0 aliphatic rings. The second kappa shape index (κ2) is 11.4. The van der Waals surface area contributed by atoms with Crippen molar-refractivity contribution in [3.05, 3.63) is 182 Å². The van der Waals surface area contributed by atoms with Crippen molar-refractivity contribution >= 4 is 98.1 Å². The molecule has 0 spiro atoms. The lowest BCUT2D eigenvalue weighted by atomic mass is 10.00. The summed E-state index contributed by atoms with van der Waals surface area (Å²) in [5.41, 5.74) is 11.1. The number of fused-ring (bicyclic) bond motifs is 16. The fraction of sp³-hybridized carbons (Fsp3) is 0. The van der Waals surface area contributed by atoms with Crippen LogP contribution in [0.3, 0.4) is 0 Å². The number of hydrogen-bond donors (Lipinski definition) is 0. The maximum atomic E-state index is 7.05. The summed E-state index contributed by atoms with van der Waals surface area (Å²) in [6.45, 7) is 0. The van der Waals surface area contributed by atoms with Gasteiger partial charge in [-0.2, -0.15) is 0 Å². The van der Waals surface area contributed by atoms with Crippen LogP contribution in [-0.4, -0.2) is 19.1 Å². The lowest BCUT2D eigenvalue weighted by Crippen LogP contribution is -2.02. The highest BCUT2D eigenvalue weighted by Gasteiger charge is 2.24. The average Bonchev–Trinajstić information content (AvgIpc) is 3.95. The molecule has 5 nitrogen and oxygen atoms in total. The van der Waals surface area contributed by atoms with Crippen LogP contribution in [0.25, 0.3) is 121 Å². The number of hydrogen-bond acceptors (Lipinski definition) is 3. The molecule has 4 heterocycles. The van der Waals surface area contributed by atoms with Gasteiger partial charge < -0.3 is 8.98 Å². The van der Waals surface area contributed by atoms with E-state index < -0.39 is 0 Å². The van der Waals surface area contributed by atoms with Gasteiger partial charge in [0.15, 0.2) is 11.4 Å². The zero-order chi connectivity index (χ0) is 37.2. The van der Waals surface area contributed by atoms with E-state index in [2.05, 4.69) is 185 Å². The van der Waals surface area contributed by atoms with Crippen LogP contribution < -0.4 is 0 Å². The van der Waals surface area contributed by atoms with Crippen LogP contribution in [0.4, 0.5) is 0 Å². The molecule has 0 atom stereocenters. The summed E-state index contributed by atoms with van der Waals surface area (Å²) in [7, 11) is 0. The molecule has 5 heteroatoms. The first-order valence-corrected chi connectivity index (χ1v) is 19.3. The summed E-state index contributed by atoms with van der Waals surface area (Å²) in [5.74, 6) is 0.771. The van der Waals surface area contributed by atoms with Crippen molar-refractivity contribution in [1.82, 2.24) is 19.1 Å². The van der Waals surface area contributed by atoms with Crippen LogP contribution in [-0.2, 0) is 0 Å². The molecule has 9 aromatic carbocycles. The summed E-state index contributed by atoms with van der Waals surface area (Å²) in [4.78, 5) is 10.8. The van der Waals surface area contributed by atoms with Crippen LogP contribution in [0, 0.1) is 0 Å². The van der Waals surface area contributed by atoms with Crippen LogP contribution in [0.2, 0.25) is 0 Å². The fourth-order valence-corrected chi connectivity index (χ4v) is 9.54. The number of furan rings is 1. The number of rotatable bonds is 3. The van der Waals surface area contributed by atoms with E-state index in [0.717, 1.165) is 105 Å². The Bertz CT molecular complexity index is 3780. The fourth-order valence-electron chi connectivity index (χ4n) is 9.54. The molecule has 0 aliphatic carbocycles. The van der Waals surface area contributed by atoms with Gasteiger partial charge in [-0.25, -0.2) is 4.98 Å². The van der Waals surface area contributed by atoms with Crippen LogP contribution >= 0.6 is 0 Å². The summed E-state index contributed by atoms with van der Waals surface area (Å²) >= 11 is 0. The summed E-state index contributed by atoms with van der Waals surface area (Å²) in [5, 5.41) is 11.4. The van der Waals surface area contributed by atoms with Crippen LogP contribution in [0.15, 0.2) is 187 Å². The third kappa shape index (κ3) is 4.12. The Morgan fingerprint density at radius 1 is 0.368 bits per heavy atom. The van der Waals surface area contributed by atoms with Gasteiger partial charge in [-0.15, -0.1) is 0 Å². The number of para-hydroxylation sites is 4. The van der Waals surface area contributed by atoms with E-state index in [4.69, 9.17) is 14.4 Å². The largest absolute Gasteiger partial charge is 0.453 e. The van der Waals surface area contributed by atoms with Gasteiger partial charge in [-0.3, -0.25) is 9.55 Å². The van der Waals surface area contributed by atoms with Crippen molar-refractivity contribution in [2.45, 2.75) is 0 Å². The molecule has 264 valence electrons. The Kier molecular flexibility index (Phi) is 6.10. The van der Waals surface area contributed by atoms with E-state index in [9.17, 15) is 0 Å². The van der Waals surface area contributed by atoms with Crippen molar-refractivity contribution in [3.63, 3.8) is 0 Å². The van der Waals surface area contributed by atoms with Gasteiger partial charge in [0.05, 0.1) is 45.0 Å². The number of benzene rings is 9. The quantitative estimate of drug-likeness (QED) is 0.170. The Labute approximate surface area is 325 Å². The monoisotopic (exact) mass is 726 g/mol. The molecule has 0 radical (unpaired) electrons. The highest BCUT2D eigenvalue weighted by Crippen LogP contribution is 2.45. The first-order chi connectivity index (χ1) is 28.3. The molecule has 0 saturated heterocycles. The smallest absolute Gasteiger partial charge is 0.159 e. The van der Waals surface area contributed by atoms with Gasteiger partial charge in [0.25, 0.3) is 0 Å². The second-order valence-electron chi connectivity index (χ2n) is 14.9. The maximum Gasteiger partial charge on any atom is 0.159 e. The normalized spacial score (nSPS) is 12.2.